The van der Waals surface area contributed by atoms with E-state index in [1.807, 2.05) is 19.1 Å². The van der Waals surface area contributed by atoms with E-state index in [9.17, 15) is 18.3 Å². The summed E-state index contributed by atoms with van der Waals surface area (Å²) in [5.41, 5.74) is 3.40. The topological polar surface area (TPSA) is 89.9 Å². The number of aryl methyl sites for hydroxylation is 1. The minimum atomic E-state index is -3.55. The van der Waals surface area contributed by atoms with Crippen LogP contribution >= 0.6 is 23.5 Å². The number of ether oxygens (including phenoxy) is 1. The van der Waals surface area contributed by atoms with Crippen LogP contribution in [-0.4, -0.2) is 48.3 Å². The molecule has 37 heavy (non-hydrogen) atoms. The zero-order valence-corrected chi connectivity index (χ0v) is 23.4. The van der Waals surface area contributed by atoms with Crippen molar-refractivity contribution in [3.8, 4) is 17.2 Å². The summed E-state index contributed by atoms with van der Waals surface area (Å²) in [6.07, 6.45) is 3.25. The van der Waals surface area contributed by atoms with Gasteiger partial charge in [-0.25, -0.2) is 0 Å². The second-order valence-electron chi connectivity index (χ2n) is 8.41. The number of hydrogen-bond donors (Lipinski definition) is 1. The van der Waals surface area contributed by atoms with E-state index in [2.05, 4.69) is 24.3 Å². The van der Waals surface area contributed by atoms with Crippen LogP contribution in [0.15, 0.2) is 72.8 Å². The highest BCUT2D eigenvalue weighted by Crippen LogP contribution is 2.25. The van der Waals surface area contributed by atoms with Gasteiger partial charge < -0.3 is 14.0 Å². The molecule has 0 aliphatic heterocycles. The lowest BCUT2D eigenvalue weighted by Gasteiger charge is -2.15. The molecule has 198 valence electrons. The van der Waals surface area contributed by atoms with Crippen molar-refractivity contribution in [1.82, 2.24) is 0 Å². The molecule has 3 aromatic rings. The summed E-state index contributed by atoms with van der Waals surface area (Å²) in [6, 6.07) is 22.0. The van der Waals surface area contributed by atoms with E-state index in [4.69, 9.17) is 8.92 Å². The lowest BCUT2D eigenvalue weighted by molar-refractivity contribution is -0.110. The Balaban J connectivity index is 1.48. The first-order valence-corrected chi connectivity index (χ1v) is 15.8. The molecule has 0 aromatic heterocycles. The molecular weight excluding hydrogens is 529 g/mol. The van der Waals surface area contributed by atoms with E-state index in [0.29, 0.717) is 18.8 Å². The highest BCUT2D eigenvalue weighted by molar-refractivity contribution is 8.16. The normalized spacial score (nSPS) is 12.2. The largest absolute Gasteiger partial charge is 0.508 e. The van der Waals surface area contributed by atoms with Gasteiger partial charge in [0.25, 0.3) is 0 Å². The van der Waals surface area contributed by atoms with Crippen molar-refractivity contribution in [3.05, 3.63) is 89.5 Å². The van der Waals surface area contributed by atoms with Crippen LogP contribution < -0.4 is 8.92 Å². The lowest BCUT2D eigenvalue weighted by atomic mass is 10.1. The monoisotopic (exact) mass is 560 g/mol. The Morgan fingerprint density at radius 3 is 2.05 bits per heavy atom. The number of hydrogen-bond acceptors (Lipinski definition) is 8. The fourth-order valence-electron chi connectivity index (χ4n) is 3.54. The molecule has 0 bridgehead atoms. The molecule has 6 nitrogen and oxygen atoms in total. The molecule has 0 heterocycles. The average Bonchev–Trinajstić information content (AvgIpc) is 2.86. The molecule has 0 saturated heterocycles. The zero-order valence-electron chi connectivity index (χ0n) is 21.0. The van der Waals surface area contributed by atoms with Gasteiger partial charge >= 0.3 is 10.1 Å². The summed E-state index contributed by atoms with van der Waals surface area (Å²) in [5.74, 6) is 2.74. The van der Waals surface area contributed by atoms with E-state index in [0.717, 1.165) is 47.3 Å². The predicted octanol–water partition coefficient (Wildman–Crippen LogP) is 5.52. The highest BCUT2D eigenvalue weighted by atomic mass is 32.2. The number of carbonyl (C=O) groups is 1. The van der Waals surface area contributed by atoms with Gasteiger partial charge in [0, 0.05) is 6.42 Å². The van der Waals surface area contributed by atoms with Gasteiger partial charge in [0.2, 0.25) is 5.12 Å². The van der Waals surface area contributed by atoms with E-state index in [1.54, 1.807) is 48.2 Å². The van der Waals surface area contributed by atoms with Crippen LogP contribution in [0.3, 0.4) is 0 Å². The number of aromatic hydroxyl groups is 1. The SMILES string of the molecule is CCSC(=O)[C@@H](Cc1ccc(CCOc2ccc(OS(C)(=O)=O)cc2)cc1)SCCc1ccc(O)cc1. The van der Waals surface area contributed by atoms with Gasteiger partial charge in [0.1, 0.15) is 17.2 Å². The smallest absolute Gasteiger partial charge is 0.306 e. The summed E-state index contributed by atoms with van der Waals surface area (Å²) in [6.45, 7) is 2.47. The van der Waals surface area contributed by atoms with Gasteiger partial charge in [-0.2, -0.15) is 8.42 Å². The number of rotatable bonds is 14. The Bertz CT molecular complexity index is 1220. The third kappa shape index (κ3) is 10.7. The second-order valence-corrected chi connectivity index (χ2v) is 12.6. The first-order chi connectivity index (χ1) is 17.7. The molecule has 3 rings (SSSR count). The zero-order chi connectivity index (χ0) is 26.7. The van der Waals surface area contributed by atoms with Crippen LogP contribution in [0.25, 0.3) is 0 Å². The third-order valence-electron chi connectivity index (χ3n) is 5.37. The molecule has 0 amide bonds. The number of phenolic OH excluding ortho intramolecular Hbond substituents is 1. The summed E-state index contributed by atoms with van der Waals surface area (Å²) in [4.78, 5) is 12.7. The molecule has 0 unspecified atom stereocenters. The van der Waals surface area contributed by atoms with Crippen molar-refractivity contribution in [2.75, 3.05) is 24.4 Å². The molecule has 9 heteroatoms. The molecule has 0 aliphatic rings. The van der Waals surface area contributed by atoms with Crippen molar-refractivity contribution in [3.63, 3.8) is 0 Å². The lowest BCUT2D eigenvalue weighted by Crippen LogP contribution is -2.18. The Kier molecular flexibility index (Phi) is 11.2. The van der Waals surface area contributed by atoms with Crippen molar-refractivity contribution in [2.45, 2.75) is 31.4 Å². The summed E-state index contributed by atoms with van der Waals surface area (Å²) >= 11 is 3.06. The van der Waals surface area contributed by atoms with Crippen molar-refractivity contribution in [1.29, 1.82) is 0 Å². The van der Waals surface area contributed by atoms with Crippen LogP contribution in [0.4, 0.5) is 0 Å². The maximum absolute atomic E-state index is 12.7. The fraction of sp³-hybridized carbons (Fsp3) is 0.321. The van der Waals surface area contributed by atoms with E-state index >= 15 is 0 Å². The van der Waals surface area contributed by atoms with Gasteiger partial charge in [-0.3, -0.25) is 4.79 Å². The number of carbonyl (C=O) groups excluding carboxylic acids is 1. The summed E-state index contributed by atoms with van der Waals surface area (Å²) in [5, 5.41) is 9.55. The first kappa shape index (κ1) is 28.9. The van der Waals surface area contributed by atoms with Crippen LogP contribution in [0.1, 0.15) is 23.6 Å². The quantitative estimate of drug-likeness (QED) is 0.258. The molecular formula is C28H32O6S3. The molecule has 0 aliphatic carbocycles. The van der Waals surface area contributed by atoms with Crippen LogP contribution in [0.5, 0.6) is 17.2 Å². The molecule has 3 aromatic carbocycles. The van der Waals surface area contributed by atoms with E-state index in [-0.39, 0.29) is 21.9 Å². The van der Waals surface area contributed by atoms with Gasteiger partial charge in [-0.15, -0.1) is 11.8 Å². The number of phenols is 1. The molecule has 0 fully saturated rings. The highest BCUT2D eigenvalue weighted by Gasteiger charge is 2.19. The second kappa shape index (κ2) is 14.4. The van der Waals surface area contributed by atoms with Crippen molar-refractivity contribution < 1.29 is 27.2 Å². The van der Waals surface area contributed by atoms with Gasteiger partial charge in [-0.1, -0.05) is 55.1 Å². The Hall–Kier alpha value is -2.62. The summed E-state index contributed by atoms with van der Waals surface area (Å²) in [7, 11) is -3.55. The van der Waals surface area contributed by atoms with Crippen LogP contribution in [0, 0.1) is 0 Å². The van der Waals surface area contributed by atoms with Crippen LogP contribution in [-0.2, 0) is 34.2 Å². The maximum Gasteiger partial charge on any atom is 0.306 e. The number of thioether (sulfide) groups is 2. The minimum Gasteiger partial charge on any atom is -0.508 e. The molecule has 0 spiro atoms. The van der Waals surface area contributed by atoms with E-state index in [1.165, 1.54) is 11.8 Å². The number of benzene rings is 3. The van der Waals surface area contributed by atoms with Gasteiger partial charge in [0.15, 0.2) is 0 Å². The molecule has 1 N–H and O–H groups in total. The van der Waals surface area contributed by atoms with Gasteiger partial charge in [0.05, 0.1) is 18.1 Å². The molecule has 0 radical (unpaired) electrons. The van der Waals surface area contributed by atoms with Crippen LogP contribution in [0.2, 0.25) is 0 Å². The molecule has 0 saturated carbocycles. The Labute approximate surface area is 227 Å². The first-order valence-electron chi connectivity index (χ1n) is 12.0. The molecule has 1 atom stereocenters. The maximum atomic E-state index is 12.7. The predicted molar refractivity (Wildman–Crippen MR) is 152 cm³/mol. The summed E-state index contributed by atoms with van der Waals surface area (Å²) < 4.78 is 33.0. The van der Waals surface area contributed by atoms with Crippen molar-refractivity contribution in [2.24, 2.45) is 0 Å². The van der Waals surface area contributed by atoms with Crippen molar-refractivity contribution >= 4 is 38.8 Å². The standard InChI is InChI=1S/C28H32O6S3/c1-3-35-28(30)27(36-19-17-22-8-10-24(29)11-9-22)20-23-6-4-21(5-7-23)16-18-33-25-12-14-26(15-13-25)34-37(2,31)32/h4-15,27,29H,3,16-20H2,1-2H3/t27-/m1/s1. The van der Waals surface area contributed by atoms with Gasteiger partial charge in [-0.05, 0) is 77.4 Å². The fourth-order valence-corrected chi connectivity index (χ4v) is 6.04. The average molecular weight is 561 g/mol. The Morgan fingerprint density at radius 2 is 1.43 bits per heavy atom. The van der Waals surface area contributed by atoms with E-state index < -0.39 is 10.1 Å². The third-order valence-corrected chi connectivity index (χ3v) is 8.10. The Morgan fingerprint density at radius 1 is 0.865 bits per heavy atom. The minimum absolute atomic E-state index is 0.106.